The maximum Gasteiger partial charge on any atom is 0.233 e. The maximum absolute atomic E-state index is 11.6. The lowest BCUT2D eigenvalue weighted by molar-refractivity contribution is -0.120. The van der Waals surface area contributed by atoms with E-state index >= 15 is 0 Å². The van der Waals surface area contributed by atoms with Crippen LogP contribution in [0.3, 0.4) is 0 Å². The average Bonchev–Trinajstić information content (AvgIpc) is 2.36. The van der Waals surface area contributed by atoms with Crippen molar-refractivity contribution in [3.8, 4) is 0 Å². The van der Waals surface area contributed by atoms with E-state index in [2.05, 4.69) is 31.4 Å². The minimum Gasteiger partial charge on any atom is -0.355 e. The zero-order valence-corrected chi connectivity index (χ0v) is 12.3. The summed E-state index contributed by atoms with van der Waals surface area (Å²) in [5, 5.41) is 6.24. The van der Waals surface area contributed by atoms with E-state index in [-0.39, 0.29) is 5.91 Å². The van der Waals surface area contributed by atoms with E-state index in [9.17, 15) is 4.79 Å². The second kappa shape index (κ2) is 8.52. The van der Waals surface area contributed by atoms with Crippen LogP contribution < -0.4 is 10.6 Å². The summed E-state index contributed by atoms with van der Waals surface area (Å²) in [6, 6.07) is 0.426. The third kappa shape index (κ3) is 6.39. The monoisotopic (exact) mass is 254 g/mol. The summed E-state index contributed by atoms with van der Waals surface area (Å²) >= 11 is 0. The van der Waals surface area contributed by atoms with Gasteiger partial charge in [0.05, 0.1) is 6.54 Å². The van der Waals surface area contributed by atoms with Gasteiger partial charge in [0.25, 0.3) is 0 Å². The second-order valence-electron chi connectivity index (χ2n) is 5.97. The largest absolute Gasteiger partial charge is 0.355 e. The van der Waals surface area contributed by atoms with E-state index in [4.69, 9.17) is 0 Å². The van der Waals surface area contributed by atoms with Crippen molar-refractivity contribution in [2.75, 3.05) is 13.1 Å². The first-order chi connectivity index (χ1) is 8.61. The molecule has 2 N–H and O–H groups in total. The Morgan fingerprint density at radius 3 is 2.83 bits per heavy atom. The molecule has 1 amide bonds. The van der Waals surface area contributed by atoms with Crippen molar-refractivity contribution < 1.29 is 4.79 Å². The SMILES string of the molecule is CCC(C)NCC(=O)NCCC1CCCC(C)C1. The fraction of sp³-hybridized carbons (Fsp3) is 0.933. The fourth-order valence-corrected chi connectivity index (χ4v) is 2.71. The fourth-order valence-electron chi connectivity index (χ4n) is 2.71. The van der Waals surface area contributed by atoms with Crippen LogP contribution in [0.5, 0.6) is 0 Å². The normalized spacial score (nSPS) is 25.7. The van der Waals surface area contributed by atoms with Gasteiger partial charge in [-0.25, -0.2) is 0 Å². The number of carbonyl (C=O) groups excluding carboxylic acids is 1. The molecule has 0 spiro atoms. The zero-order valence-electron chi connectivity index (χ0n) is 12.3. The topological polar surface area (TPSA) is 41.1 Å². The van der Waals surface area contributed by atoms with Gasteiger partial charge in [0.1, 0.15) is 0 Å². The Balaban J connectivity index is 2.04. The van der Waals surface area contributed by atoms with Gasteiger partial charge in [0, 0.05) is 12.6 Å². The Morgan fingerprint density at radius 1 is 1.39 bits per heavy atom. The van der Waals surface area contributed by atoms with Crippen molar-refractivity contribution in [2.45, 2.75) is 65.3 Å². The van der Waals surface area contributed by atoms with E-state index in [0.717, 1.165) is 31.2 Å². The molecule has 1 saturated carbocycles. The highest BCUT2D eigenvalue weighted by Crippen LogP contribution is 2.30. The number of amides is 1. The molecule has 0 aromatic carbocycles. The molecule has 3 atom stereocenters. The lowest BCUT2D eigenvalue weighted by Crippen LogP contribution is -2.38. The summed E-state index contributed by atoms with van der Waals surface area (Å²) in [7, 11) is 0. The molecule has 0 aliphatic heterocycles. The third-order valence-corrected chi connectivity index (χ3v) is 4.14. The van der Waals surface area contributed by atoms with Crippen LogP contribution in [0.4, 0.5) is 0 Å². The molecule has 0 heterocycles. The molecule has 1 fully saturated rings. The van der Waals surface area contributed by atoms with Crippen LogP contribution in [0.2, 0.25) is 0 Å². The van der Waals surface area contributed by atoms with Crippen LogP contribution in [0, 0.1) is 11.8 Å². The Morgan fingerprint density at radius 2 is 2.17 bits per heavy atom. The molecule has 1 aliphatic rings. The predicted octanol–water partition coefficient (Wildman–Crippen LogP) is 2.71. The number of carbonyl (C=O) groups is 1. The van der Waals surface area contributed by atoms with E-state index in [0.29, 0.717) is 12.6 Å². The molecule has 0 aromatic heterocycles. The van der Waals surface area contributed by atoms with Crippen molar-refractivity contribution in [3.63, 3.8) is 0 Å². The molecule has 0 radical (unpaired) electrons. The number of hydrogen-bond donors (Lipinski definition) is 2. The van der Waals surface area contributed by atoms with Crippen LogP contribution in [0.25, 0.3) is 0 Å². The molecule has 3 unspecified atom stereocenters. The summed E-state index contributed by atoms with van der Waals surface area (Å²) in [6.07, 6.45) is 7.68. The summed E-state index contributed by atoms with van der Waals surface area (Å²) in [4.78, 5) is 11.6. The molecule has 1 rings (SSSR count). The van der Waals surface area contributed by atoms with Crippen LogP contribution in [-0.2, 0) is 4.79 Å². The first-order valence-corrected chi connectivity index (χ1v) is 7.61. The lowest BCUT2D eigenvalue weighted by atomic mass is 9.81. The predicted molar refractivity (Wildman–Crippen MR) is 76.5 cm³/mol. The summed E-state index contributed by atoms with van der Waals surface area (Å²) in [5.74, 6) is 1.85. The van der Waals surface area contributed by atoms with Crippen LogP contribution in [-0.4, -0.2) is 25.0 Å². The molecular weight excluding hydrogens is 224 g/mol. The van der Waals surface area contributed by atoms with Gasteiger partial charge in [-0.1, -0.05) is 33.1 Å². The molecule has 106 valence electrons. The van der Waals surface area contributed by atoms with E-state index in [1.54, 1.807) is 0 Å². The number of nitrogens with one attached hydrogen (secondary N) is 2. The quantitative estimate of drug-likeness (QED) is 0.733. The highest BCUT2D eigenvalue weighted by Gasteiger charge is 2.18. The Labute approximate surface area is 112 Å². The summed E-state index contributed by atoms with van der Waals surface area (Å²) in [5.41, 5.74) is 0. The first kappa shape index (κ1) is 15.5. The summed E-state index contributed by atoms with van der Waals surface area (Å²) in [6.45, 7) is 7.88. The van der Waals surface area contributed by atoms with Crippen LogP contribution in [0.15, 0.2) is 0 Å². The zero-order chi connectivity index (χ0) is 13.4. The first-order valence-electron chi connectivity index (χ1n) is 7.61. The van der Waals surface area contributed by atoms with Crippen LogP contribution in [0.1, 0.15) is 59.3 Å². The molecule has 3 heteroatoms. The Bertz CT molecular complexity index is 243. The summed E-state index contributed by atoms with van der Waals surface area (Å²) < 4.78 is 0. The van der Waals surface area contributed by atoms with Crippen molar-refractivity contribution in [1.29, 1.82) is 0 Å². The van der Waals surface area contributed by atoms with Gasteiger partial charge in [-0.3, -0.25) is 4.79 Å². The molecule has 0 bridgehead atoms. The average molecular weight is 254 g/mol. The number of hydrogen-bond acceptors (Lipinski definition) is 2. The van der Waals surface area contributed by atoms with E-state index in [1.165, 1.54) is 25.7 Å². The minimum absolute atomic E-state index is 0.138. The highest BCUT2D eigenvalue weighted by molar-refractivity contribution is 5.77. The van der Waals surface area contributed by atoms with Crippen molar-refractivity contribution in [3.05, 3.63) is 0 Å². The molecular formula is C15H30N2O. The minimum atomic E-state index is 0.138. The lowest BCUT2D eigenvalue weighted by Gasteiger charge is -2.26. The van der Waals surface area contributed by atoms with Gasteiger partial charge in [-0.15, -0.1) is 0 Å². The van der Waals surface area contributed by atoms with Gasteiger partial charge < -0.3 is 10.6 Å². The van der Waals surface area contributed by atoms with Crippen molar-refractivity contribution >= 4 is 5.91 Å². The molecule has 0 saturated heterocycles. The smallest absolute Gasteiger partial charge is 0.233 e. The number of rotatable bonds is 7. The highest BCUT2D eigenvalue weighted by atomic mass is 16.1. The standard InChI is InChI=1S/C15H30N2O/c1-4-13(3)17-11-15(18)16-9-8-14-7-5-6-12(2)10-14/h12-14,17H,4-11H2,1-3H3,(H,16,18). The van der Waals surface area contributed by atoms with Gasteiger partial charge >= 0.3 is 0 Å². The molecule has 1 aliphatic carbocycles. The third-order valence-electron chi connectivity index (χ3n) is 4.14. The molecule has 18 heavy (non-hydrogen) atoms. The van der Waals surface area contributed by atoms with Crippen molar-refractivity contribution in [2.24, 2.45) is 11.8 Å². The van der Waals surface area contributed by atoms with Crippen molar-refractivity contribution in [1.82, 2.24) is 10.6 Å². The van der Waals surface area contributed by atoms with Gasteiger partial charge in [-0.05, 0) is 38.0 Å². The molecule has 3 nitrogen and oxygen atoms in total. The van der Waals surface area contributed by atoms with E-state index in [1.807, 2.05) is 0 Å². The van der Waals surface area contributed by atoms with Gasteiger partial charge in [-0.2, -0.15) is 0 Å². The maximum atomic E-state index is 11.6. The molecule has 0 aromatic rings. The van der Waals surface area contributed by atoms with Crippen LogP contribution >= 0.6 is 0 Å². The van der Waals surface area contributed by atoms with Gasteiger partial charge in [0.2, 0.25) is 5.91 Å². The Kier molecular flexibility index (Phi) is 7.33. The Hall–Kier alpha value is -0.570. The van der Waals surface area contributed by atoms with Gasteiger partial charge in [0.15, 0.2) is 0 Å². The second-order valence-corrected chi connectivity index (χ2v) is 5.97. The van der Waals surface area contributed by atoms with E-state index < -0.39 is 0 Å².